The van der Waals surface area contributed by atoms with Crippen molar-refractivity contribution >= 4 is 0 Å². The van der Waals surface area contributed by atoms with Crippen LogP contribution in [-0.2, 0) is 11.3 Å². The summed E-state index contributed by atoms with van der Waals surface area (Å²) in [5.74, 6) is 0.820. The summed E-state index contributed by atoms with van der Waals surface area (Å²) in [5.41, 5.74) is 1.18. The molecule has 1 saturated carbocycles. The largest absolute Gasteiger partial charge is 0.494 e. The van der Waals surface area contributed by atoms with E-state index in [1.807, 2.05) is 31.3 Å². The zero-order chi connectivity index (χ0) is 17.9. The minimum absolute atomic E-state index is 0.148. The Bertz CT molecular complexity index is 459. The number of aliphatic hydroxyl groups is 2. The third-order valence-corrected chi connectivity index (χ3v) is 4.55. The number of aliphatic hydroxyl groups excluding tert-OH is 2. The first-order valence-electron chi connectivity index (χ1n) is 9.48. The molecule has 0 aromatic heterocycles. The van der Waals surface area contributed by atoms with Crippen molar-refractivity contribution in [2.24, 2.45) is 0 Å². The minimum Gasteiger partial charge on any atom is -0.494 e. The lowest BCUT2D eigenvalue weighted by Crippen LogP contribution is -2.33. The molecule has 5 nitrogen and oxygen atoms in total. The zero-order valence-corrected chi connectivity index (χ0v) is 15.4. The van der Waals surface area contributed by atoms with E-state index in [4.69, 9.17) is 14.6 Å². The number of hydrogen-bond donors (Lipinski definition) is 2. The van der Waals surface area contributed by atoms with E-state index < -0.39 is 6.10 Å². The highest BCUT2D eigenvalue weighted by atomic mass is 16.5. The van der Waals surface area contributed by atoms with Crippen molar-refractivity contribution in [1.29, 1.82) is 0 Å². The molecule has 0 saturated heterocycles. The van der Waals surface area contributed by atoms with Crippen LogP contribution < -0.4 is 4.74 Å². The summed E-state index contributed by atoms with van der Waals surface area (Å²) in [6.07, 6.45) is 6.62. The van der Waals surface area contributed by atoms with Gasteiger partial charge >= 0.3 is 0 Å². The number of rotatable bonds is 11. The average Bonchev–Trinajstić information content (AvgIpc) is 2.62. The van der Waals surface area contributed by atoms with Crippen LogP contribution in [0, 0.1) is 0 Å². The van der Waals surface area contributed by atoms with Crippen LogP contribution >= 0.6 is 0 Å². The molecule has 1 unspecified atom stereocenters. The molecule has 0 spiro atoms. The molecule has 1 aliphatic rings. The van der Waals surface area contributed by atoms with Gasteiger partial charge in [0.05, 0.1) is 25.4 Å². The van der Waals surface area contributed by atoms with Crippen molar-refractivity contribution in [1.82, 2.24) is 4.90 Å². The van der Waals surface area contributed by atoms with Crippen molar-refractivity contribution in [3.05, 3.63) is 29.8 Å². The molecule has 0 amide bonds. The van der Waals surface area contributed by atoms with Gasteiger partial charge in [-0.25, -0.2) is 0 Å². The highest BCUT2D eigenvalue weighted by molar-refractivity contribution is 5.27. The summed E-state index contributed by atoms with van der Waals surface area (Å²) in [7, 11) is 2.01. The van der Waals surface area contributed by atoms with Crippen molar-refractivity contribution in [2.45, 2.75) is 57.3 Å². The summed E-state index contributed by atoms with van der Waals surface area (Å²) in [6.45, 7) is 2.48. The van der Waals surface area contributed by atoms with Gasteiger partial charge in [-0.1, -0.05) is 31.4 Å². The van der Waals surface area contributed by atoms with E-state index in [1.165, 1.54) is 24.8 Å². The lowest BCUT2D eigenvalue weighted by molar-refractivity contribution is -0.0319. The van der Waals surface area contributed by atoms with Crippen molar-refractivity contribution in [3.63, 3.8) is 0 Å². The summed E-state index contributed by atoms with van der Waals surface area (Å²) < 4.78 is 11.4. The molecule has 1 aromatic rings. The normalized spacial score (nSPS) is 17.0. The van der Waals surface area contributed by atoms with E-state index in [0.29, 0.717) is 32.3 Å². The smallest absolute Gasteiger partial charge is 0.119 e. The number of hydrogen-bond acceptors (Lipinski definition) is 5. The second kappa shape index (κ2) is 11.5. The Hall–Kier alpha value is -1.14. The number of ether oxygens (including phenoxy) is 2. The van der Waals surface area contributed by atoms with Crippen molar-refractivity contribution in [3.8, 4) is 5.75 Å². The first-order chi connectivity index (χ1) is 12.2. The fourth-order valence-electron chi connectivity index (χ4n) is 3.21. The molecule has 0 radical (unpaired) electrons. The van der Waals surface area contributed by atoms with Gasteiger partial charge in [0.1, 0.15) is 5.75 Å². The summed E-state index contributed by atoms with van der Waals surface area (Å²) in [4.78, 5) is 2.11. The van der Waals surface area contributed by atoms with Crippen LogP contribution in [0.15, 0.2) is 24.3 Å². The van der Waals surface area contributed by atoms with Gasteiger partial charge < -0.3 is 19.7 Å². The molecule has 5 heteroatoms. The summed E-state index contributed by atoms with van der Waals surface area (Å²) in [6, 6.07) is 7.97. The maximum Gasteiger partial charge on any atom is 0.119 e. The van der Waals surface area contributed by atoms with E-state index >= 15 is 0 Å². The molecule has 1 atom stereocenters. The Morgan fingerprint density at radius 2 is 1.88 bits per heavy atom. The standard InChI is InChI=1S/C20H33NO4/c1-21(15-18(23)16-25-19-6-3-2-4-7-19)14-17-8-10-20(11-9-17)24-13-5-12-22/h8-11,18-19,22-23H,2-7,12-16H2,1H3. The van der Waals surface area contributed by atoms with Crippen LogP contribution in [0.25, 0.3) is 0 Å². The Morgan fingerprint density at radius 1 is 1.16 bits per heavy atom. The second-order valence-electron chi connectivity index (χ2n) is 7.01. The molecule has 0 heterocycles. The van der Waals surface area contributed by atoms with Crippen LogP contribution in [0.4, 0.5) is 0 Å². The quantitative estimate of drug-likeness (QED) is 0.600. The first-order valence-corrected chi connectivity index (χ1v) is 9.48. The van der Waals surface area contributed by atoms with E-state index in [1.54, 1.807) is 0 Å². The van der Waals surface area contributed by atoms with Crippen LogP contribution in [-0.4, -0.2) is 60.7 Å². The molecule has 25 heavy (non-hydrogen) atoms. The fourth-order valence-corrected chi connectivity index (χ4v) is 3.21. The predicted molar refractivity (Wildman–Crippen MR) is 98.8 cm³/mol. The van der Waals surface area contributed by atoms with Gasteiger partial charge in [0.15, 0.2) is 0 Å². The van der Waals surface area contributed by atoms with Gasteiger partial charge in [0, 0.05) is 26.1 Å². The zero-order valence-electron chi connectivity index (χ0n) is 15.4. The Labute approximate surface area is 151 Å². The highest BCUT2D eigenvalue weighted by Gasteiger charge is 2.16. The maximum atomic E-state index is 10.2. The molecule has 1 aromatic carbocycles. The first kappa shape index (κ1) is 20.2. The average molecular weight is 351 g/mol. The molecule has 1 fully saturated rings. The van der Waals surface area contributed by atoms with Gasteiger partial charge in [-0.05, 0) is 37.6 Å². The second-order valence-corrected chi connectivity index (χ2v) is 7.01. The SMILES string of the molecule is CN(Cc1ccc(OCCCO)cc1)CC(O)COC1CCCCC1. The lowest BCUT2D eigenvalue weighted by Gasteiger charge is -2.25. The molecule has 0 aliphatic heterocycles. The fraction of sp³-hybridized carbons (Fsp3) is 0.700. The summed E-state index contributed by atoms with van der Waals surface area (Å²) >= 11 is 0. The Kier molecular flexibility index (Phi) is 9.26. The maximum absolute atomic E-state index is 10.2. The third-order valence-electron chi connectivity index (χ3n) is 4.55. The minimum atomic E-state index is -0.451. The molecule has 1 aliphatic carbocycles. The highest BCUT2D eigenvalue weighted by Crippen LogP contribution is 2.20. The molecule has 0 bridgehead atoms. The van der Waals surface area contributed by atoms with Crippen LogP contribution in [0.1, 0.15) is 44.1 Å². The van der Waals surface area contributed by atoms with Crippen LogP contribution in [0.2, 0.25) is 0 Å². The number of benzene rings is 1. The monoisotopic (exact) mass is 351 g/mol. The Balaban J connectivity index is 1.65. The van der Waals surface area contributed by atoms with Crippen molar-refractivity contribution in [2.75, 3.05) is 33.4 Å². The molecule has 142 valence electrons. The third kappa shape index (κ3) is 8.19. The van der Waals surface area contributed by atoms with Gasteiger partial charge in [0.25, 0.3) is 0 Å². The van der Waals surface area contributed by atoms with E-state index in [9.17, 15) is 5.11 Å². The lowest BCUT2D eigenvalue weighted by atomic mass is 9.98. The van der Waals surface area contributed by atoms with E-state index in [-0.39, 0.29) is 6.61 Å². The topological polar surface area (TPSA) is 62.2 Å². The number of nitrogens with zero attached hydrogens (tertiary/aromatic N) is 1. The van der Waals surface area contributed by atoms with Gasteiger partial charge in [-0.15, -0.1) is 0 Å². The van der Waals surface area contributed by atoms with Gasteiger partial charge in [-0.3, -0.25) is 4.90 Å². The van der Waals surface area contributed by atoms with Gasteiger partial charge in [0.2, 0.25) is 0 Å². The Morgan fingerprint density at radius 3 is 2.56 bits per heavy atom. The van der Waals surface area contributed by atoms with Crippen molar-refractivity contribution < 1.29 is 19.7 Å². The van der Waals surface area contributed by atoms with Crippen LogP contribution in [0.3, 0.4) is 0 Å². The molecular formula is C20H33NO4. The molecule has 2 rings (SSSR count). The number of likely N-dealkylation sites (N-methyl/N-ethyl adjacent to an activating group) is 1. The van der Waals surface area contributed by atoms with Crippen LogP contribution in [0.5, 0.6) is 5.75 Å². The van der Waals surface area contributed by atoms with E-state index in [0.717, 1.165) is 25.1 Å². The molecular weight excluding hydrogens is 318 g/mol. The predicted octanol–water partition coefficient (Wildman–Crippen LogP) is 2.59. The summed E-state index contributed by atoms with van der Waals surface area (Å²) in [5, 5.41) is 18.9. The molecule has 2 N–H and O–H groups in total. The van der Waals surface area contributed by atoms with E-state index in [2.05, 4.69) is 4.90 Å². The van der Waals surface area contributed by atoms with Gasteiger partial charge in [-0.2, -0.15) is 0 Å².